The minimum atomic E-state index is -1.75. The molecule has 1 rings (SSSR count). The Morgan fingerprint density at radius 2 is 2.25 bits per heavy atom. The van der Waals surface area contributed by atoms with Gasteiger partial charge in [0.1, 0.15) is 6.54 Å². The van der Waals surface area contributed by atoms with Crippen molar-refractivity contribution >= 4 is 0 Å². The fourth-order valence-electron chi connectivity index (χ4n) is 0.487. The predicted octanol–water partition coefficient (Wildman–Crippen LogP) is -1.55. The Kier molecular flexibility index (Phi) is 5.18. The van der Waals surface area contributed by atoms with E-state index in [1.807, 2.05) is 0 Å². The van der Waals surface area contributed by atoms with Crippen LogP contribution in [-0.2, 0) is 6.54 Å². The first-order valence-electron chi connectivity index (χ1n) is 2.98. The third kappa shape index (κ3) is 6.42. The lowest BCUT2D eigenvalue weighted by Crippen LogP contribution is -2.36. The fourth-order valence-corrected chi connectivity index (χ4v) is 0.487. The lowest BCUT2D eigenvalue weighted by atomic mass is 10.7. The van der Waals surface area contributed by atoms with Gasteiger partial charge in [-0.2, -0.15) is 4.68 Å². The Morgan fingerprint density at radius 3 is 2.58 bits per heavy atom. The van der Waals surface area contributed by atoms with Crippen molar-refractivity contribution in [1.82, 2.24) is 10.3 Å². The molecule has 0 spiro atoms. The summed E-state index contributed by atoms with van der Waals surface area (Å²) in [5, 5.41) is 29.4. The highest BCUT2D eigenvalue weighted by molar-refractivity contribution is 4.47. The molecule has 0 fully saturated rings. The summed E-state index contributed by atoms with van der Waals surface area (Å²) in [6.45, 7) is 0.729. The number of aliphatic hydroxyl groups excluding tert-OH is 1. The minimum Gasteiger partial charge on any atom is -0.392 e. The van der Waals surface area contributed by atoms with E-state index in [1.165, 1.54) is 0 Å². The van der Waals surface area contributed by atoms with Gasteiger partial charge < -0.3 is 20.4 Å². The summed E-state index contributed by atoms with van der Waals surface area (Å²) >= 11 is 0. The Morgan fingerprint density at radius 1 is 1.67 bits per heavy atom. The zero-order valence-corrected chi connectivity index (χ0v) is 6.08. The molecule has 68 valence electrons. The molecule has 12 heavy (non-hydrogen) atoms. The van der Waals surface area contributed by atoms with Crippen LogP contribution in [0.4, 0.5) is 0 Å². The maximum atomic E-state index is 8.37. The molecule has 1 aromatic heterocycles. The first-order valence-corrected chi connectivity index (χ1v) is 2.98. The minimum absolute atomic E-state index is 0.146. The van der Waals surface area contributed by atoms with Crippen LogP contribution in [0.2, 0.25) is 0 Å². The topological polar surface area (TPSA) is 119 Å². The first kappa shape index (κ1) is 10.3. The van der Waals surface area contributed by atoms with Crippen LogP contribution >= 0.6 is 0 Å². The van der Waals surface area contributed by atoms with E-state index in [2.05, 4.69) is 10.3 Å². The molecule has 0 unspecified atom stereocenters. The van der Waals surface area contributed by atoms with Crippen molar-refractivity contribution in [1.29, 1.82) is 0 Å². The smallest absolute Gasteiger partial charge is 0.206 e. The molecular formula is C4H8N4O4. The molecule has 0 atom stereocenters. The van der Waals surface area contributed by atoms with Crippen LogP contribution in [0.3, 0.4) is 0 Å². The lowest BCUT2D eigenvalue weighted by Gasteiger charge is -1.84. The molecule has 1 heterocycles. The second-order valence-electron chi connectivity index (χ2n) is 1.67. The fraction of sp³-hybridized carbons (Fsp3) is 0.500. The van der Waals surface area contributed by atoms with Crippen molar-refractivity contribution in [3.05, 3.63) is 27.7 Å². The van der Waals surface area contributed by atoms with Crippen LogP contribution in [0.1, 0.15) is 0 Å². The average molecular weight is 176 g/mol. The third-order valence-corrected chi connectivity index (χ3v) is 0.848. The average Bonchev–Trinajstić information content (AvgIpc) is 2.39. The predicted molar refractivity (Wildman–Crippen MR) is 36.2 cm³/mol. The summed E-state index contributed by atoms with van der Waals surface area (Å²) < 4.78 is 1.69. The van der Waals surface area contributed by atoms with E-state index in [4.69, 9.17) is 20.4 Å². The Hall–Kier alpha value is -1.70. The molecule has 1 aromatic rings. The zero-order valence-electron chi connectivity index (χ0n) is 6.08. The van der Waals surface area contributed by atoms with E-state index in [0.717, 1.165) is 0 Å². The van der Waals surface area contributed by atoms with Crippen LogP contribution in [-0.4, -0.2) is 27.1 Å². The van der Waals surface area contributed by atoms with Gasteiger partial charge in [-0.1, -0.05) is 5.21 Å². The van der Waals surface area contributed by atoms with Crippen LogP contribution in [0.5, 0.6) is 0 Å². The number of aromatic amines is 1. The van der Waals surface area contributed by atoms with Gasteiger partial charge in [0.25, 0.3) is 0 Å². The standard InChI is InChI=1S/C4H7N3O.NO3/c8-4-3-7-2-1-5-6-7;2-1(3)4/h1-2,8H,3-4H2;/q;-1/p+1. The van der Waals surface area contributed by atoms with Gasteiger partial charge in [-0.15, -0.1) is 0 Å². The summed E-state index contributed by atoms with van der Waals surface area (Å²) in [6.07, 6.45) is 3.39. The van der Waals surface area contributed by atoms with Crippen molar-refractivity contribution in [2.75, 3.05) is 6.61 Å². The van der Waals surface area contributed by atoms with E-state index in [1.54, 1.807) is 17.1 Å². The molecule has 0 aliphatic heterocycles. The highest BCUT2D eigenvalue weighted by Gasteiger charge is 1.92. The van der Waals surface area contributed by atoms with Gasteiger partial charge in [0.2, 0.25) is 6.20 Å². The molecule has 0 aliphatic carbocycles. The molecule has 0 aromatic carbocycles. The normalized spacial score (nSPS) is 8.42. The highest BCUT2D eigenvalue weighted by atomic mass is 16.9. The van der Waals surface area contributed by atoms with Crippen LogP contribution < -0.4 is 4.68 Å². The SMILES string of the molecule is O=[N+]([O-])[O-].OCC[n+]1ccn[nH]1. The number of nitrogens with one attached hydrogen (secondary N) is 1. The van der Waals surface area contributed by atoms with Gasteiger partial charge in [-0.05, 0) is 0 Å². The Labute approximate surface area is 67.2 Å². The van der Waals surface area contributed by atoms with Crippen molar-refractivity contribution < 1.29 is 14.9 Å². The number of aliphatic hydroxyl groups is 1. The first-order chi connectivity index (χ1) is 5.66. The van der Waals surface area contributed by atoms with Crippen LogP contribution in [0, 0.1) is 15.3 Å². The van der Waals surface area contributed by atoms with Gasteiger partial charge in [0, 0.05) is 5.10 Å². The molecule has 2 N–H and O–H groups in total. The zero-order chi connectivity index (χ0) is 9.40. The Bertz CT molecular complexity index is 207. The third-order valence-electron chi connectivity index (χ3n) is 0.848. The second kappa shape index (κ2) is 6.04. The molecule has 0 saturated carbocycles. The number of H-pyrrole nitrogens is 1. The molecule has 0 radical (unpaired) electrons. The van der Waals surface area contributed by atoms with Gasteiger partial charge in [0.15, 0.2) is 6.20 Å². The number of hydrogen-bond donors (Lipinski definition) is 2. The van der Waals surface area contributed by atoms with Gasteiger partial charge in [0.05, 0.1) is 11.7 Å². The molecule has 8 heteroatoms. The lowest BCUT2D eigenvalue weighted by molar-refractivity contribution is -0.754. The van der Waals surface area contributed by atoms with Gasteiger partial charge in [-0.3, -0.25) is 0 Å². The molecule has 0 aliphatic rings. The van der Waals surface area contributed by atoms with Crippen LogP contribution in [0.15, 0.2) is 12.4 Å². The highest BCUT2D eigenvalue weighted by Crippen LogP contribution is 1.61. The summed E-state index contributed by atoms with van der Waals surface area (Å²) in [5.74, 6) is 0. The van der Waals surface area contributed by atoms with Crippen molar-refractivity contribution in [2.24, 2.45) is 0 Å². The number of hydrogen-bond acceptors (Lipinski definition) is 5. The molecular weight excluding hydrogens is 168 g/mol. The summed E-state index contributed by atoms with van der Waals surface area (Å²) in [5.41, 5.74) is 0. The summed E-state index contributed by atoms with van der Waals surface area (Å²) in [7, 11) is 0. The van der Waals surface area contributed by atoms with E-state index >= 15 is 0 Å². The summed E-state index contributed by atoms with van der Waals surface area (Å²) in [6, 6.07) is 0. The maximum absolute atomic E-state index is 8.37. The van der Waals surface area contributed by atoms with Crippen molar-refractivity contribution in [2.45, 2.75) is 6.54 Å². The molecule has 8 nitrogen and oxygen atoms in total. The Balaban J connectivity index is 0.000000261. The number of aromatic nitrogens is 3. The molecule has 0 amide bonds. The maximum Gasteiger partial charge on any atom is 0.206 e. The van der Waals surface area contributed by atoms with E-state index < -0.39 is 5.09 Å². The van der Waals surface area contributed by atoms with Crippen molar-refractivity contribution in [3.63, 3.8) is 0 Å². The van der Waals surface area contributed by atoms with Gasteiger partial charge in [-0.25, -0.2) is 0 Å². The van der Waals surface area contributed by atoms with E-state index in [-0.39, 0.29) is 6.61 Å². The van der Waals surface area contributed by atoms with E-state index in [9.17, 15) is 0 Å². The molecule has 0 bridgehead atoms. The quantitative estimate of drug-likeness (QED) is 0.321. The van der Waals surface area contributed by atoms with E-state index in [0.29, 0.717) is 6.54 Å². The number of nitrogens with zero attached hydrogens (tertiary/aromatic N) is 3. The molecule has 0 saturated heterocycles. The number of rotatable bonds is 2. The monoisotopic (exact) mass is 176 g/mol. The van der Waals surface area contributed by atoms with Gasteiger partial charge >= 0.3 is 0 Å². The van der Waals surface area contributed by atoms with Crippen molar-refractivity contribution in [3.8, 4) is 0 Å². The second-order valence-corrected chi connectivity index (χ2v) is 1.67. The summed E-state index contributed by atoms with van der Waals surface area (Å²) in [4.78, 5) is 8.25. The van der Waals surface area contributed by atoms with Crippen LogP contribution in [0.25, 0.3) is 0 Å². The largest absolute Gasteiger partial charge is 0.392 e.